The van der Waals surface area contributed by atoms with E-state index in [-0.39, 0.29) is 41.9 Å². The van der Waals surface area contributed by atoms with Crippen LogP contribution in [0.1, 0.15) is 37.0 Å². The van der Waals surface area contributed by atoms with Crippen molar-refractivity contribution in [2.24, 2.45) is 0 Å². The van der Waals surface area contributed by atoms with E-state index in [1.807, 2.05) is 0 Å². The summed E-state index contributed by atoms with van der Waals surface area (Å²) in [4.78, 5) is 30.8. The molecule has 2 aliphatic rings. The molecule has 3 heterocycles. The minimum Gasteiger partial charge on any atom is -0.379 e. The van der Waals surface area contributed by atoms with Crippen LogP contribution in [-0.2, 0) is 26.1 Å². The molecule has 1 aliphatic carbocycles. The normalized spacial score (nSPS) is 19.2. The van der Waals surface area contributed by atoms with Crippen LogP contribution >= 0.6 is 11.3 Å². The molecule has 1 saturated carbocycles. The van der Waals surface area contributed by atoms with E-state index in [1.54, 1.807) is 6.92 Å². The standard InChI is InChI=1S/C19H26N4O5S2/c1-13-17(30(26,27)23-7-9-28-10-8-23)16-18(29-13)20-12-22(19(16)25)11-15(24)21-14-5-3-2-4-6-14/h12,14H,2-11H2,1H3,(H,21,24). The third-order valence-electron chi connectivity index (χ3n) is 5.65. The summed E-state index contributed by atoms with van der Waals surface area (Å²) in [6, 6.07) is 0.138. The number of fused-ring (bicyclic) bond motifs is 1. The Bertz CT molecular complexity index is 1100. The molecule has 164 valence electrons. The third-order valence-corrected chi connectivity index (χ3v) is 8.87. The average molecular weight is 455 g/mol. The Balaban J connectivity index is 1.65. The minimum atomic E-state index is -3.86. The van der Waals surface area contributed by atoms with Crippen molar-refractivity contribution < 1.29 is 17.9 Å². The van der Waals surface area contributed by atoms with Crippen molar-refractivity contribution in [3.05, 3.63) is 21.6 Å². The van der Waals surface area contributed by atoms with Gasteiger partial charge in [-0.25, -0.2) is 13.4 Å². The lowest BCUT2D eigenvalue weighted by molar-refractivity contribution is -0.122. The van der Waals surface area contributed by atoms with E-state index < -0.39 is 15.6 Å². The highest BCUT2D eigenvalue weighted by molar-refractivity contribution is 7.89. The molecule has 0 radical (unpaired) electrons. The van der Waals surface area contributed by atoms with Gasteiger partial charge in [0.25, 0.3) is 5.56 Å². The Hall–Kier alpha value is -1.82. The molecule has 1 saturated heterocycles. The van der Waals surface area contributed by atoms with Gasteiger partial charge in [0, 0.05) is 24.0 Å². The first kappa shape index (κ1) is 21.4. The Morgan fingerprint density at radius 2 is 1.97 bits per heavy atom. The molecule has 2 aromatic rings. The number of ether oxygens (including phenoxy) is 1. The molecule has 0 atom stereocenters. The van der Waals surface area contributed by atoms with Gasteiger partial charge in [0.2, 0.25) is 15.9 Å². The predicted octanol–water partition coefficient (Wildman–Crippen LogP) is 1.24. The fourth-order valence-corrected chi connectivity index (χ4v) is 7.20. The molecule has 1 N–H and O–H groups in total. The van der Waals surface area contributed by atoms with Gasteiger partial charge >= 0.3 is 0 Å². The van der Waals surface area contributed by atoms with Crippen LogP contribution in [0.4, 0.5) is 0 Å². The van der Waals surface area contributed by atoms with E-state index in [9.17, 15) is 18.0 Å². The number of sulfonamides is 1. The summed E-state index contributed by atoms with van der Waals surface area (Å²) in [7, 11) is -3.86. The minimum absolute atomic E-state index is 0.00365. The smallest absolute Gasteiger partial charge is 0.263 e. The molecule has 2 fully saturated rings. The van der Waals surface area contributed by atoms with Crippen LogP contribution < -0.4 is 10.9 Å². The van der Waals surface area contributed by atoms with Crippen LogP contribution in [0.25, 0.3) is 10.2 Å². The predicted molar refractivity (Wildman–Crippen MR) is 113 cm³/mol. The van der Waals surface area contributed by atoms with Crippen LogP contribution in [0.15, 0.2) is 16.0 Å². The quantitative estimate of drug-likeness (QED) is 0.728. The number of morpholine rings is 1. The Kier molecular flexibility index (Phi) is 6.24. The average Bonchev–Trinajstić information content (AvgIpc) is 3.09. The van der Waals surface area contributed by atoms with Crippen LogP contribution in [0, 0.1) is 6.92 Å². The van der Waals surface area contributed by atoms with Gasteiger partial charge in [0.15, 0.2) is 0 Å². The van der Waals surface area contributed by atoms with E-state index >= 15 is 0 Å². The molecule has 30 heavy (non-hydrogen) atoms. The van der Waals surface area contributed by atoms with E-state index in [0.29, 0.717) is 22.9 Å². The molecular formula is C19H26N4O5S2. The van der Waals surface area contributed by atoms with Gasteiger partial charge in [-0.1, -0.05) is 19.3 Å². The summed E-state index contributed by atoms with van der Waals surface area (Å²) in [6.07, 6.45) is 6.59. The summed E-state index contributed by atoms with van der Waals surface area (Å²) in [6.45, 7) is 2.65. The fourth-order valence-electron chi connectivity index (χ4n) is 4.13. The van der Waals surface area contributed by atoms with Crippen molar-refractivity contribution in [2.45, 2.75) is 56.5 Å². The third kappa shape index (κ3) is 4.16. The Labute approximate surface area is 179 Å². The molecule has 2 aromatic heterocycles. The molecule has 1 aliphatic heterocycles. The highest BCUT2D eigenvalue weighted by atomic mass is 32.2. The molecule has 0 spiro atoms. The fraction of sp³-hybridized carbons (Fsp3) is 0.632. The van der Waals surface area contributed by atoms with Crippen molar-refractivity contribution in [1.29, 1.82) is 0 Å². The first-order chi connectivity index (χ1) is 14.4. The van der Waals surface area contributed by atoms with E-state index in [0.717, 1.165) is 25.7 Å². The number of aryl methyl sites for hydroxylation is 1. The Morgan fingerprint density at radius 3 is 2.67 bits per heavy atom. The van der Waals surface area contributed by atoms with Crippen molar-refractivity contribution in [1.82, 2.24) is 19.2 Å². The lowest BCUT2D eigenvalue weighted by atomic mass is 9.95. The summed E-state index contributed by atoms with van der Waals surface area (Å²) in [5, 5.41) is 3.05. The topological polar surface area (TPSA) is 111 Å². The van der Waals surface area contributed by atoms with Gasteiger partial charge in [-0.3, -0.25) is 14.2 Å². The Morgan fingerprint density at radius 1 is 1.27 bits per heavy atom. The number of carbonyl (C=O) groups excluding carboxylic acids is 1. The summed E-state index contributed by atoms with van der Waals surface area (Å²) in [5.41, 5.74) is -0.505. The largest absolute Gasteiger partial charge is 0.379 e. The summed E-state index contributed by atoms with van der Waals surface area (Å²) >= 11 is 1.18. The van der Waals surface area contributed by atoms with Gasteiger partial charge < -0.3 is 10.1 Å². The van der Waals surface area contributed by atoms with Crippen molar-refractivity contribution in [3.8, 4) is 0 Å². The van der Waals surface area contributed by atoms with Gasteiger partial charge in [0.05, 0.1) is 24.9 Å². The molecule has 0 bridgehead atoms. The number of hydrogen-bond donors (Lipinski definition) is 1. The number of aromatic nitrogens is 2. The van der Waals surface area contributed by atoms with E-state index in [1.165, 1.54) is 33.0 Å². The number of nitrogens with one attached hydrogen (secondary N) is 1. The van der Waals surface area contributed by atoms with E-state index in [2.05, 4.69) is 10.3 Å². The second-order valence-corrected chi connectivity index (χ2v) is 10.8. The number of rotatable bonds is 5. The SMILES string of the molecule is Cc1sc2ncn(CC(=O)NC3CCCCC3)c(=O)c2c1S(=O)(=O)N1CCOCC1. The summed E-state index contributed by atoms with van der Waals surface area (Å²) < 4.78 is 34.3. The van der Waals surface area contributed by atoms with Gasteiger partial charge in [0.1, 0.15) is 16.3 Å². The molecule has 1 amide bonds. The van der Waals surface area contributed by atoms with Gasteiger partial charge in [-0.05, 0) is 19.8 Å². The van der Waals surface area contributed by atoms with E-state index in [4.69, 9.17) is 4.74 Å². The second kappa shape index (κ2) is 8.74. The number of thiophene rings is 1. The molecule has 4 rings (SSSR count). The maximum absolute atomic E-state index is 13.3. The van der Waals surface area contributed by atoms with Gasteiger partial charge in [-0.15, -0.1) is 11.3 Å². The monoisotopic (exact) mass is 454 g/mol. The number of nitrogens with zero attached hydrogens (tertiary/aromatic N) is 3. The lowest BCUT2D eigenvalue weighted by Crippen LogP contribution is -2.41. The van der Waals surface area contributed by atoms with Crippen molar-refractivity contribution in [2.75, 3.05) is 26.3 Å². The molecule has 9 nitrogen and oxygen atoms in total. The molecule has 11 heteroatoms. The highest BCUT2D eigenvalue weighted by Crippen LogP contribution is 2.33. The highest BCUT2D eigenvalue weighted by Gasteiger charge is 2.32. The van der Waals surface area contributed by atoms with Crippen LogP contribution in [0.5, 0.6) is 0 Å². The number of carbonyl (C=O) groups is 1. The van der Waals surface area contributed by atoms with Gasteiger partial charge in [-0.2, -0.15) is 4.31 Å². The van der Waals surface area contributed by atoms with Crippen LogP contribution in [0.2, 0.25) is 0 Å². The first-order valence-electron chi connectivity index (χ1n) is 10.2. The molecule has 0 unspecified atom stereocenters. The zero-order valence-electron chi connectivity index (χ0n) is 16.9. The number of amides is 1. The maximum atomic E-state index is 13.3. The summed E-state index contributed by atoms with van der Waals surface area (Å²) in [5.74, 6) is -0.255. The number of hydrogen-bond acceptors (Lipinski definition) is 7. The lowest BCUT2D eigenvalue weighted by Gasteiger charge is -2.26. The van der Waals surface area contributed by atoms with Crippen LogP contribution in [-0.4, -0.2) is 60.5 Å². The zero-order valence-corrected chi connectivity index (χ0v) is 18.6. The zero-order chi connectivity index (χ0) is 21.3. The molecule has 0 aromatic carbocycles. The maximum Gasteiger partial charge on any atom is 0.263 e. The first-order valence-corrected chi connectivity index (χ1v) is 12.5. The van der Waals surface area contributed by atoms with Crippen LogP contribution in [0.3, 0.4) is 0 Å². The molecular weight excluding hydrogens is 428 g/mol. The second-order valence-electron chi connectivity index (χ2n) is 7.76. The van der Waals surface area contributed by atoms with Crippen molar-refractivity contribution >= 4 is 37.5 Å². The van der Waals surface area contributed by atoms with Crippen molar-refractivity contribution in [3.63, 3.8) is 0 Å².